The molecule has 0 fully saturated rings. The summed E-state index contributed by atoms with van der Waals surface area (Å²) in [6, 6.07) is 54.0. The van der Waals surface area contributed by atoms with Crippen LogP contribution in [0.4, 0.5) is 72.7 Å². The lowest BCUT2D eigenvalue weighted by atomic mass is 9.97. The van der Waals surface area contributed by atoms with Crippen LogP contribution in [0.1, 0.15) is 144 Å². The van der Waals surface area contributed by atoms with Crippen LogP contribution in [-0.4, -0.2) is 114 Å². The number of carbonyl (C=O) groups is 2. The van der Waals surface area contributed by atoms with Crippen LogP contribution >= 0.6 is 93.1 Å². The van der Waals surface area contributed by atoms with E-state index in [1.807, 2.05) is 36.4 Å². The number of fused-ring (bicyclic) bond motifs is 4. The molecule has 2 N–H and O–H groups in total. The quantitative estimate of drug-likeness (QED) is 0.0173. The lowest BCUT2D eigenvalue weighted by Gasteiger charge is -2.28. The number of Topliss-reactive ketones (excluding diaryl/α,β-unsaturated/α-hetero) is 1. The van der Waals surface area contributed by atoms with Gasteiger partial charge in [-0.3, -0.25) is 22.0 Å². The van der Waals surface area contributed by atoms with E-state index in [0.29, 0.717) is 46.2 Å². The molecule has 0 unspecified atom stereocenters. The molecule has 0 radical (unpaired) electrons. The van der Waals surface area contributed by atoms with Crippen LogP contribution in [0.5, 0.6) is 0 Å². The molecule has 12 rings (SSSR count). The minimum absolute atomic E-state index is 0.000851. The van der Waals surface area contributed by atoms with E-state index in [9.17, 15) is 106 Å². The van der Waals surface area contributed by atoms with Crippen LogP contribution in [0.2, 0.25) is 0 Å². The Bertz CT molecular complexity index is 6190. The first kappa shape index (κ1) is 102. The van der Waals surface area contributed by atoms with E-state index >= 15 is 0 Å². The number of ketones is 1. The highest BCUT2D eigenvalue weighted by Crippen LogP contribution is 2.49. The predicted octanol–water partition coefficient (Wildman–Crippen LogP) is 26.0. The number of esters is 1. The molecule has 40 heteroatoms. The van der Waals surface area contributed by atoms with Crippen LogP contribution in [0, 0.1) is 0 Å². The lowest BCUT2D eigenvalue weighted by molar-refractivity contribution is -0.136. The number of halogens is 15. The number of carbonyl (C=O) groups excluding carboxylic acids is 2. The van der Waals surface area contributed by atoms with E-state index in [1.54, 1.807) is 117 Å². The third kappa shape index (κ3) is 27.2. The van der Waals surface area contributed by atoms with E-state index in [0.717, 1.165) is 64.2 Å². The van der Waals surface area contributed by atoms with Crippen molar-refractivity contribution in [2.24, 2.45) is 0 Å². The summed E-state index contributed by atoms with van der Waals surface area (Å²) >= 11 is 14.6. The monoisotopic (exact) mass is 2100 g/mol. The molecular formula is C86H85Br3F12N4O13S8. The third-order valence-corrected chi connectivity index (χ3v) is 33.0. The highest BCUT2D eigenvalue weighted by Gasteiger charge is 2.39. The zero-order valence-electron chi connectivity index (χ0n) is 68.0. The number of anilines is 4. The number of benzene rings is 8. The summed E-state index contributed by atoms with van der Waals surface area (Å²) < 4.78 is 274. The first-order valence-corrected chi connectivity index (χ1v) is 50.0. The van der Waals surface area contributed by atoms with Gasteiger partial charge in [-0.1, -0.05) is 121 Å². The van der Waals surface area contributed by atoms with Gasteiger partial charge in [0.05, 0.1) is 49.0 Å². The van der Waals surface area contributed by atoms with Crippen molar-refractivity contribution in [1.82, 2.24) is 0 Å². The number of alkyl halides is 12. The molecule has 126 heavy (non-hydrogen) atoms. The molecule has 0 aliphatic rings. The largest absolute Gasteiger partial charge is 0.465 e. The third-order valence-electron chi connectivity index (χ3n) is 19.0. The first-order chi connectivity index (χ1) is 58.7. The number of nitrogens with zero attached hydrogens (tertiary/aromatic N) is 4. The molecule has 0 bridgehead atoms. The number of aliphatic hydroxyl groups is 2. The van der Waals surface area contributed by atoms with Crippen molar-refractivity contribution < 1.29 is 111 Å². The van der Waals surface area contributed by atoms with E-state index in [1.165, 1.54) is 116 Å². The second-order valence-electron chi connectivity index (χ2n) is 29.6. The Hall–Kier alpha value is -7.74. The van der Waals surface area contributed by atoms with Crippen molar-refractivity contribution in [2.75, 3.05) is 50.5 Å². The highest BCUT2D eigenvalue weighted by molar-refractivity contribution is 9.11. The Kier molecular flexibility index (Phi) is 34.4. The van der Waals surface area contributed by atoms with Gasteiger partial charge in [-0.15, -0.1) is 45.3 Å². The van der Waals surface area contributed by atoms with Crippen LogP contribution in [0.15, 0.2) is 233 Å². The number of rotatable bonds is 32. The summed E-state index contributed by atoms with van der Waals surface area (Å²) in [5.41, 5.74) is -1.56. The van der Waals surface area contributed by atoms with Crippen LogP contribution in [-0.2, 0) is 56.0 Å². The van der Waals surface area contributed by atoms with Gasteiger partial charge in [0.1, 0.15) is 20.0 Å². The molecule has 4 aromatic heterocycles. The Morgan fingerprint density at radius 3 is 0.960 bits per heavy atom. The molecule has 0 spiro atoms. The molecule has 4 heterocycles. The molecule has 17 nitrogen and oxygen atoms in total. The average Bonchev–Trinajstić information content (AvgIpc) is 1.59. The molecule has 0 aliphatic carbocycles. The van der Waals surface area contributed by atoms with Crippen molar-refractivity contribution in [3.63, 3.8) is 0 Å². The normalized spacial score (nSPS) is 12.6. The van der Waals surface area contributed by atoms with Gasteiger partial charge in [0.15, 0.2) is 5.78 Å². The topological polar surface area (TPSA) is 233 Å². The second kappa shape index (κ2) is 42.4. The van der Waals surface area contributed by atoms with Crippen LogP contribution < -0.4 is 17.2 Å². The number of sulfonamides is 4. The zero-order valence-corrected chi connectivity index (χ0v) is 79.3. The molecule has 0 atom stereocenters. The molecular weight excluding hydrogens is 2020 g/mol. The molecule has 0 saturated carbocycles. The standard InChI is InChI=1S/C24H26F3NO5S2.C22H23BrF3NO3S2.C21H19BrF3NO3S2.C19H17BrF3NO2S2/c1-23(2,30)20-18-8-4-5-9-19(18)34-21(20)28(15-7-6-14-24(25,26)27)35(31,32)17-12-10-16(11-13-17)22(29)33-3;1-21(2,28)19-17-7-3-4-8-18(17)31-20(19)27(14-6-5-13-22(24,25)26)32(29,30)16-11-9-15(23)10-12-16;1-14(27)19-17-6-2-3-7-18(17)30-20(19)26(13-5-4-12-21(23,24)25)31(28,29)16-10-8-15(22)9-11-16;20-15-7-9-16(10-8-15)28(25,26)24(12-4-3-11-19(21,22)23)18-13-14-5-1-2-6-17(14)27-18/h4-5,8-13,30H,6-7,14-15H2,1-3H3;3-4,7-12,28H,5-6,13-14H2,1-2H3;2-3,6-11H,4-5,12-13H2,1H3;1-2,5-10,13H,3-4,11-12H2. The summed E-state index contributed by atoms with van der Waals surface area (Å²) in [6.07, 6.45) is -21.8. The first-order valence-electron chi connectivity index (χ1n) is 38.6. The molecule has 0 saturated heterocycles. The van der Waals surface area contributed by atoms with Gasteiger partial charge in [0.2, 0.25) is 0 Å². The minimum Gasteiger partial charge on any atom is -0.465 e. The van der Waals surface area contributed by atoms with Gasteiger partial charge in [-0.25, -0.2) is 38.5 Å². The smallest absolute Gasteiger partial charge is 0.389 e. The van der Waals surface area contributed by atoms with Crippen molar-refractivity contribution >= 4 is 205 Å². The predicted molar refractivity (Wildman–Crippen MR) is 486 cm³/mol. The maximum absolute atomic E-state index is 13.7. The summed E-state index contributed by atoms with van der Waals surface area (Å²) in [4.78, 5) is 24.2. The highest BCUT2D eigenvalue weighted by atomic mass is 79.9. The minimum atomic E-state index is -4.34. The number of hydrogen-bond acceptors (Lipinski definition) is 17. The Morgan fingerprint density at radius 2 is 0.643 bits per heavy atom. The van der Waals surface area contributed by atoms with Gasteiger partial charge in [-0.05, 0) is 219 Å². The number of hydrogen-bond donors (Lipinski definition) is 2. The molecule has 0 aliphatic heterocycles. The Labute approximate surface area is 763 Å². The van der Waals surface area contributed by atoms with Crippen molar-refractivity contribution in [3.8, 4) is 0 Å². The molecule has 0 amide bonds. The molecule has 8 aromatic carbocycles. The van der Waals surface area contributed by atoms with Crippen molar-refractivity contribution in [2.45, 2.75) is 167 Å². The molecule has 680 valence electrons. The van der Waals surface area contributed by atoms with Crippen LogP contribution in [0.25, 0.3) is 40.3 Å². The van der Waals surface area contributed by atoms with Gasteiger partial charge in [0, 0.05) is 111 Å². The Morgan fingerprint density at radius 1 is 0.365 bits per heavy atom. The number of ether oxygens (including phenoxy) is 1. The van der Waals surface area contributed by atoms with Gasteiger partial charge in [-0.2, -0.15) is 52.7 Å². The number of unbranched alkanes of at least 4 members (excludes halogenated alkanes) is 4. The van der Waals surface area contributed by atoms with Gasteiger partial charge < -0.3 is 14.9 Å². The Balaban J connectivity index is 0.000000191. The summed E-state index contributed by atoms with van der Waals surface area (Å²) in [6.45, 7) is 7.03. The average molecular weight is 2110 g/mol. The molecule has 12 aromatic rings. The maximum atomic E-state index is 13.7. The summed E-state index contributed by atoms with van der Waals surface area (Å²) in [5, 5.41) is 26.0. The fraction of sp³-hybridized carbons (Fsp3) is 0.326. The SMILES string of the molecule is CC(=O)c1c(N(CCCCC(F)(F)F)S(=O)(=O)c2ccc(Br)cc2)sc2ccccc12.CC(C)(O)c1c(N(CCCCC(F)(F)F)S(=O)(=O)c2ccc(Br)cc2)sc2ccccc12.COC(=O)c1ccc(S(=O)(=O)N(CCCCC(F)(F)F)c2sc3ccccc3c2C(C)(C)O)cc1.O=S(=O)(c1ccc(Br)cc1)N(CCCCC(F)(F)F)c1cc2ccccc2s1. The van der Waals surface area contributed by atoms with Crippen molar-refractivity contribution in [3.05, 3.63) is 236 Å². The van der Waals surface area contributed by atoms with Crippen molar-refractivity contribution in [1.29, 1.82) is 0 Å². The number of thiophene rings is 4. The van der Waals surface area contributed by atoms with Gasteiger partial charge in [0.25, 0.3) is 40.1 Å². The maximum Gasteiger partial charge on any atom is 0.389 e. The van der Waals surface area contributed by atoms with E-state index < -0.39 is 108 Å². The summed E-state index contributed by atoms with van der Waals surface area (Å²) in [5.74, 6) is -0.939. The fourth-order valence-corrected chi connectivity index (χ4v) is 25.9. The second-order valence-corrected chi connectivity index (χ2v) is 44.0. The zero-order chi connectivity index (χ0) is 92.9. The summed E-state index contributed by atoms with van der Waals surface area (Å²) in [7, 11) is -15.1. The van der Waals surface area contributed by atoms with E-state index in [2.05, 4.69) is 52.5 Å². The number of methoxy groups -OCH3 is 1. The van der Waals surface area contributed by atoms with Gasteiger partial charge >= 0.3 is 30.7 Å². The lowest BCUT2D eigenvalue weighted by Crippen LogP contribution is -2.33. The van der Waals surface area contributed by atoms with E-state index in [4.69, 9.17) is 0 Å². The fourth-order valence-electron chi connectivity index (χ4n) is 13.1. The van der Waals surface area contributed by atoms with Crippen LogP contribution in [0.3, 0.4) is 0 Å². The van der Waals surface area contributed by atoms with E-state index in [-0.39, 0.29) is 124 Å².